The second-order valence-electron chi connectivity index (χ2n) is 9.13. The minimum atomic E-state index is -0.0733. The van der Waals surface area contributed by atoms with Crippen LogP contribution in [0.25, 0.3) is 21.9 Å². The molecule has 0 aliphatic heterocycles. The number of ether oxygens (including phenoxy) is 1. The average Bonchev–Trinajstić information content (AvgIpc) is 3.47. The monoisotopic (exact) mass is 458 g/mol. The van der Waals surface area contributed by atoms with E-state index in [1.807, 2.05) is 23.2 Å². The second-order valence-corrected chi connectivity index (χ2v) is 9.13. The Morgan fingerprint density at radius 3 is 2.76 bits per heavy atom. The lowest BCUT2D eigenvalue weighted by atomic mass is 10.0. The Morgan fingerprint density at radius 2 is 1.94 bits per heavy atom. The maximum Gasteiger partial charge on any atom is 0.267 e. The molecule has 0 aliphatic carbocycles. The second kappa shape index (κ2) is 11.2. The van der Waals surface area contributed by atoms with E-state index in [2.05, 4.69) is 77.4 Å². The molecule has 6 heteroatoms. The highest BCUT2D eigenvalue weighted by Crippen LogP contribution is 2.30. The molecule has 0 fully saturated rings. The third-order valence-corrected chi connectivity index (χ3v) is 6.12. The molecule has 0 spiro atoms. The van der Waals surface area contributed by atoms with E-state index in [9.17, 15) is 4.79 Å². The van der Waals surface area contributed by atoms with Gasteiger partial charge in [0.15, 0.2) is 0 Å². The van der Waals surface area contributed by atoms with Crippen molar-refractivity contribution >= 4 is 16.7 Å². The fourth-order valence-electron chi connectivity index (χ4n) is 4.22. The predicted octanol–water partition coefficient (Wildman–Crippen LogP) is 5.37. The number of imidazole rings is 1. The fraction of sp³-hybridized carbons (Fsp3) is 0.357. The molecule has 178 valence electrons. The lowest BCUT2D eigenvalue weighted by Crippen LogP contribution is -2.27. The van der Waals surface area contributed by atoms with E-state index >= 15 is 0 Å². The van der Waals surface area contributed by atoms with Gasteiger partial charge in [-0.3, -0.25) is 4.79 Å². The largest absolute Gasteiger partial charge is 0.385 e. The predicted molar refractivity (Wildman–Crippen MR) is 137 cm³/mol. The van der Waals surface area contributed by atoms with Gasteiger partial charge in [-0.05, 0) is 41.2 Å². The number of nitrogens with one attached hydrogen (secondary N) is 1. The normalized spacial score (nSPS) is 11.4. The number of aromatic nitrogens is 3. The molecule has 2 heterocycles. The summed E-state index contributed by atoms with van der Waals surface area (Å²) >= 11 is 0. The first-order valence-electron chi connectivity index (χ1n) is 12.0. The van der Waals surface area contributed by atoms with Crippen LogP contribution < -0.4 is 5.32 Å². The Balaban J connectivity index is 1.68. The molecule has 0 atom stereocenters. The van der Waals surface area contributed by atoms with Crippen molar-refractivity contribution in [3.8, 4) is 11.1 Å². The van der Waals surface area contributed by atoms with Gasteiger partial charge >= 0.3 is 0 Å². The number of benzene rings is 2. The van der Waals surface area contributed by atoms with Crippen molar-refractivity contribution in [3.05, 3.63) is 78.6 Å². The highest BCUT2D eigenvalue weighted by atomic mass is 16.5. The first-order valence-corrected chi connectivity index (χ1v) is 12.0. The third kappa shape index (κ3) is 5.57. The topological polar surface area (TPSA) is 61.1 Å². The molecular formula is C28H34N4O2. The number of hydrogen-bond donors (Lipinski definition) is 1. The molecule has 4 rings (SSSR count). The number of aryl methyl sites for hydroxylation is 1. The number of carbonyl (C=O) groups is 1. The number of nitrogens with zero attached hydrogens (tertiary/aromatic N) is 3. The van der Waals surface area contributed by atoms with Crippen molar-refractivity contribution in [1.82, 2.24) is 19.4 Å². The van der Waals surface area contributed by atoms with Gasteiger partial charge in [0.25, 0.3) is 5.91 Å². The van der Waals surface area contributed by atoms with Crippen molar-refractivity contribution in [3.63, 3.8) is 0 Å². The summed E-state index contributed by atoms with van der Waals surface area (Å²) in [6, 6.07) is 16.7. The quantitative estimate of drug-likeness (QED) is 0.308. The maximum atomic E-state index is 13.2. The SMILES string of the molecule is COCCCNC(=O)c1cc(-c2cccc3ccccc23)cn1Cc1cncn1CCC(C)C. The molecule has 0 bridgehead atoms. The van der Waals surface area contributed by atoms with E-state index in [0.29, 0.717) is 31.3 Å². The van der Waals surface area contributed by atoms with Crippen LogP contribution in [0.15, 0.2) is 67.3 Å². The van der Waals surface area contributed by atoms with Gasteiger partial charge in [-0.1, -0.05) is 56.3 Å². The third-order valence-electron chi connectivity index (χ3n) is 6.12. The molecule has 0 unspecified atom stereocenters. The van der Waals surface area contributed by atoms with Crippen LogP contribution in [0, 0.1) is 5.92 Å². The Bertz CT molecular complexity index is 1230. The van der Waals surface area contributed by atoms with Crippen molar-refractivity contribution in [2.75, 3.05) is 20.3 Å². The number of carbonyl (C=O) groups excluding carboxylic acids is 1. The Kier molecular flexibility index (Phi) is 7.80. The molecule has 0 saturated heterocycles. The Labute approximate surface area is 201 Å². The average molecular weight is 459 g/mol. The van der Waals surface area contributed by atoms with Crippen molar-refractivity contribution in [2.24, 2.45) is 5.92 Å². The van der Waals surface area contributed by atoms with Gasteiger partial charge < -0.3 is 19.2 Å². The molecule has 0 saturated carbocycles. The van der Waals surface area contributed by atoms with Crippen molar-refractivity contribution < 1.29 is 9.53 Å². The molecule has 34 heavy (non-hydrogen) atoms. The molecule has 2 aromatic heterocycles. The van der Waals surface area contributed by atoms with E-state index in [-0.39, 0.29) is 5.91 Å². The van der Waals surface area contributed by atoms with E-state index < -0.39 is 0 Å². The maximum absolute atomic E-state index is 13.2. The number of amides is 1. The van der Waals surface area contributed by atoms with Gasteiger partial charge in [-0.2, -0.15) is 0 Å². The summed E-state index contributed by atoms with van der Waals surface area (Å²) in [5.41, 5.74) is 3.90. The molecule has 1 amide bonds. The van der Waals surface area contributed by atoms with Crippen LogP contribution in [0.2, 0.25) is 0 Å². The fourth-order valence-corrected chi connectivity index (χ4v) is 4.22. The van der Waals surface area contributed by atoms with Crippen LogP contribution in [0.1, 0.15) is 42.9 Å². The van der Waals surface area contributed by atoms with Gasteiger partial charge in [-0.15, -0.1) is 0 Å². The van der Waals surface area contributed by atoms with Crippen LogP contribution in [0.4, 0.5) is 0 Å². The van der Waals surface area contributed by atoms with Crippen LogP contribution in [0.5, 0.6) is 0 Å². The number of methoxy groups -OCH3 is 1. The van der Waals surface area contributed by atoms with Crippen LogP contribution in [0.3, 0.4) is 0 Å². The lowest BCUT2D eigenvalue weighted by Gasteiger charge is -2.13. The highest BCUT2D eigenvalue weighted by molar-refractivity contribution is 5.99. The van der Waals surface area contributed by atoms with Crippen molar-refractivity contribution in [1.29, 1.82) is 0 Å². The summed E-state index contributed by atoms with van der Waals surface area (Å²) in [6.07, 6.45) is 7.74. The Hall–Kier alpha value is -3.38. The first kappa shape index (κ1) is 23.8. The summed E-state index contributed by atoms with van der Waals surface area (Å²) in [7, 11) is 1.67. The van der Waals surface area contributed by atoms with Gasteiger partial charge in [0.2, 0.25) is 0 Å². The Morgan fingerprint density at radius 1 is 1.12 bits per heavy atom. The molecule has 2 aromatic carbocycles. The summed E-state index contributed by atoms with van der Waals surface area (Å²) in [6.45, 7) is 7.16. The molecule has 6 nitrogen and oxygen atoms in total. The lowest BCUT2D eigenvalue weighted by molar-refractivity contribution is 0.0939. The van der Waals surface area contributed by atoms with E-state index in [4.69, 9.17) is 4.74 Å². The number of rotatable bonds is 11. The number of hydrogen-bond acceptors (Lipinski definition) is 3. The zero-order valence-corrected chi connectivity index (χ0v) is 20.3. The smallest absolute Gasteiger partial charge is 0.267 e. The minimum Gasteiger partial charge on any atom is -0.385 e. The van der Waals surface area contributed by atoms with E-state index in [1.54, 1.807) is 7.11 Å². The zero-order valence-electron chi connectivity index (χ0n) is 20.3. The van der Waals surface area contributed by atoms with Gasteiger partial charge in [0.05, 0.1) is 18.6 Å². The van der Waals surface area contributed by atoms with E-state index in [0.717, 1.165) is 36.2 Å². The number of fused-ring (bicyclic) bond motifs is 1. The zero-order chi connectivity index (χ0) is 23.9. The molecule has 0 aliphatic rings. The van der Waals surface area contributed by atoms with Gasteiger partial charge in [-0.25, -0.2) is 4.98 Å². The van der Waals surface area contributed by atoms with Crippen LogP contribution in [-0.2, 0) is 17.8 Å². The highest BCUT2D eigenvalue weighted by Gasteiger charge is 2.17. The standard InChI is InChI=1S/C28H34N4O2/c1-21(2)12-14-31-20-29-17-24(31)19-32-18-23(16-27(32)28(33)30-13-7-15-34-3)26-11-6-9-22-8-4-5-10-25(22)26/h4-6,8-11,16-18,20-21H,7,12-15,19H2,1-3H3,(H,30,33). The summed E-state index contributed by atoms with van der Waals surface area (Å²) < 4.78 is 9.35. The molecule has 0 radical (unpaired) electrons. The summed E-state index contributed by atoms with van der Waals surface area (Å²) in [5.74, 6) is 0.545. The van der Waals surface area contributed by atoms with Crippen LogP contribution >= 0.6 is 0 Å². The van der Waals surface area contributed by atoms with Gasteiger partial charge in [0.1, 0.15) is 5.69 Å². The van der Waals surface area contributed by atoms with E-state index in [1.165, 1.54) is 10.8 Å². The van der Waals surface area contributed by atoms with Crippen LogP contribution in [-0.4, -0.2) is 40.3 Å². The first-order chi connectivity index (χ1) is 16.6. The van der Waals surface area contributed by atoms with Gasteiger partial charge in [0, 0.05) is 44.8 Å². The summed E-state index contributed by atoms with van der Waals surface area (Å²) in [5, 5.41) is 5.41. The summed E-state index contributed by atoms with van der Waals surface area (Å²) in [4.78, 5) is 17.6. The molecule has 4 aromatic rings. The molecular weight excluding hydrogens is 424 g/mol. The molecule has 1 N–H and O–H groups in total. The minimum absolute atomic E-state index is 0.0733. The van der Waals surface area contributed by atoms with Crippen molar-refractivity contribution in [2.45, 2.75) is 39.8 Å².